The first kappa shape index (κ1) is 19.9. The molecule has 0 bridgehead atoms. The highest BCUT2D eigenvalue weighted by Gasteiger charge is 2.41. The molecular formula is C25H23BrN2O3. The minimum Gasteiger partial charge on any atom is -0.493 e. The number of fused-ring (bicyclic) bond motifs is 3. The Morgan fingerprint density at radius 1 is 0.968 bits per heavy atom. The van der Waals surface area contributed by atoms with E-state index in [1.54, 1.807) is 14.2 Å². The molecule has 0 saturated heterocycles. The standard InChI is InChI=1S/C25H23BrN2O3/c1-15-4-6-16(7-5-15)25-28-21(19-13-18(26)9-11-22(19)31-25)14-20(27-28)17-8-10-23(29-2)24(12-17)30-3/h4-13,21,25H,14H2,1-3H3. The molecule has 6 heteroatoms. The summed E-state index contributed by atoms with van der Waals surface area (Å²) in [7, 11) is 3.29. The second-order valence-electron chi connectivity index (χ2n) is 7.78. The molecule has 2 aliphatic rings. The van der Waals surface area contributed by atoms with E-state index in [1.165, 1.54) is 5.56 Å². The lowest BCUT2D eigenvalue weighted by atomic mass is 9.95. The molecule has 0 aromatic heterocycles. The monoisotopic (exact) mass is 478 g/mol. The molecule has 31 heavy (non-hydrogen) atoms. The lowest BCUT2D eigenvalue weighted by Gasteiger charge is -2.38. The van der Waals surface area contributed by atoms with Gasteiger partial charge < -0.3 is 14.2 Å². The van der Waals surface area contributed by atoms with Crippen LogP contribution in [-0.2, 0) is 0 Å². The molecule has 0 fully saturated rings. The average Bonchev–Trinajstić information content (AvgIpc) is 3.24. The Morgan fingerprint density at radius 2 is 1.74 bits per heavy atom. The molecule has 0 radical (unpaired) electrons. The molecule has 0 saturated carbocycles. The van der Waals surface area contributed by atoms with Crippen molar-refractivity contribution in [1.82, 2.24) is 5.01 Å². The van der Waals surface area contributed by atoms with E-state index in [-0.39, 0.29) is 12.3 Å². The number of hydrazone groups is 1. The van der Waals surface area contributed by atoms with Crippen LogP contribution in [0, 0.1) is 6.92 Å². The maximum Gasteiger partial charge on any atom is 0.213 e. The predicted molar refractivity (Wildman–Crippen MR) is 124 cm³/mol. The van der Waals surface area contributed by atoms with Crippen LogP contribution in [0.3, 0.4) is 0 Å². The molecule has 2 heterocycles. The molecule has 0 spiro atoms. The van der Waals surface area contributed by atoms with Crippen molar-refractivity contribution in [3.8, 4) is 17.2 Å². The highest BCUT2D eigenvalue weighted by Crippen LogP contribution is 2.48. The SMILES string of the molecule is COc1ccc(C2=NN3C(C2)c2cc(Br)ccc2OC3c2ccc(C)cc2)cc1OC. The summed E-state index contributed by atoms with van der Waals surface area (Å²) in [6.07, 6.45) is 0.502. The summed E-state index contributed by atoms with van der Waals surface area (Å²) in [6, 6.07) is 20.7. The van der Waals surface area contributed by atoms with Gasteiger partial charge in [-0.2, -0.15) is 5.10 Å². The number of halogens is 1. The van der Waals surface area contributed by atoms with Gasteiger partial charge in [0.2, 0.25) is 6.23 Å². The number of benzene rings is 3. The summed E-state index contributed by atoms with van der Waals surface area (Å²) in [6.45, 7) is 2.09. The van der Waals surface area contributed by atoms with E-state index >= 15 is 0 Å². The number of hydrogen-bond donors (Lipinski definition) is 0. The van der Waals surface area contributed by atoms with Crippen LogP contribution in [0.15, 0.2) is 70.2 Å². The molecule has 2 atom stereocenters. The Hall–Kier alpha value is -2.99. The Kier molecular flexibility index (Phi) is 5.10. The van der Waals surface area contributed by atoms with Gasteiger partial charge in [0.05, 0.1) is 26.0 Å². The molecule has 0 aliphatic carbocycles. The quantitative estimate of drug-likeness (QED) is 0.459. The Bertz CT molecular complexity index is 1160. The molecule has 2 unspecified atom stereocenters. The lowest BCUT2D eigenvalue weighted by Crippen LogP contribution is -2.33. The van der Waals surface area contributed by atoms with Crippen LogP contribution in [0.1, 0.15) is 40.9 Å². The normalized spacial score (nSPS) is 19.2. The lowest BCUT2D eigenvalue weighted by molar-refractivity contribution is -0.0190. The van der Waals surface area contributed by atoms with E-state index in [0.717, 1.165) is 39.0 Å². The van der Waals surface area contributed by atoms with Gasteiger partial charge in [0.15, 0.2) is 11.5 Å². The minimum atomic E-state index is -0.281. The second kappa shape index (κ2) is 7.93. The molecule has 5 rings (SSSR count). The van der Waals surface area contributed by atoms with Gasteiger partial charge in [-0.1, -0.05) is 45.8 Å². The van der Waals surface area contributed by atoms with E-state index < -0.39 is 0 Å². The van der Waals surface area contributed by atoms with Crippen LogP contribution >= 0.6 is 15.9 Å². The van der Waals surface area contributed by atoms with Crippen molar-refractivity contribution < 1.29 is 14.2 Å². The van der Waals surface area contributed by atoms with Crippen LogP contribution in [0.25, 0.3) is 0 Å². The van der Waals surface area contributed by atoms with Gasteiger partial charge in [0.1, 0.15) is 5.75 Å². The van der Waals surface area contributed by atoms with E-state index in [9.17, 15) is 0 Å². The molecule has 3 aromatic rings. The summed E-state index contributed by atoms with van der Waals surface area (Å²) in [5, 5.41) is 7.12. The Balaban J connectivity index is 1.58. The molecule has 0 N–H and O–H groups in total. The van der Waals surface area contributed by atoms with Gasteiger partial charge in [-0.15, -0.1) is 0 Å². The first-order valence-corrected chi connectivity index (χ1v) is 11.0. The van der Waals surface area contributed by atoms with Crippen molar-refractivity contribution in [1.29, 1.82) is 0 Å². The molecule has 2 aliphatic heterocycles. The largest absolute Gasteiger partial charge is 0.493 e. The summed E-state index contributed by atoms with van der Waals surface area (Å²) >= 11 is 3.61. The summed E-state index contributed by atoms with van der Waals surface area (Å²) in [5.41, 5.74) is 5.46. The maximum atomic E-state index is 6.45. The zero-order chi connectivity index (χ0) is 21.5. The number of methoxy groups -OCH3 is 2. The number of hydrogen-bond acceptors (Lipinski definition) is 5. The third kappa shape index (κ3) is 3.55. The highest BCUT2D eigenvalue weighted by molar-refractivity contribution is 9.10. The topological polar surface area (TPSA) is 43.3 Å². The zero-order valence-corrected chi connectivity index (χ0v) is 19.2. The first-order chi connectivity index (χ1) is 15.1. The van der Waals surface area contributed by atoms with E-state index in [4.69, 9.17) is 19.3 Å². The van der Waals surface area contributed by atoms with Gasteiger partial charge in [-0.3, -0.25) is 0 Å². The first-order valence-electron chi connectivity index (χ1n) is 10.2. The van der Waals surface area contributed by atoms with Crippen molar-refractivity contribution in [2.24, 2.45) is 5.10 Å². The van der Waals surface area contributed by atoms with Gasteiger partial charge >= 0.3 is 0 Å². The fourth-order valence-corrected chi connectivity index (χ4v) is 4.58. The molecule has 5 nitrogen and oxygen atoms in total. The van der Waals surface area contributed by atoms with Crippen molar-refractivity contribution in [2.45, 2.75) is 25.6 Å². The Morgan fingerprint density at radius 3 is 2.48 bits per heavy atom. The Labute approximate surface area is 190 Å². The van der Waals surface area contributed by atoms with Crippen molar-refractivity contribution in [3.63, 3.8) is 0 Å². The van der Waals surface area contributed by atoms with Gasteiger partial charge in [0, 0.05) is 27.6 Å². The fraction of sp³-hybridized carbons (Fsp3) is 0.240. The highest BCUT2D eigenvalue weighted by atomic mass is 79.9. The minimum absolute atomic E-state index is 0.0932. The van der Waals surface area contributed by atoms with Crippen LogP contribution in [0.2, 0.25) is 0 Å². The van der Waals surface area contributed by atoms with Crippen LogP contribution < -0.4 is 14.2 Å². The number of aryl methyl sites for hydroxylation is 1. The summed E-state index contributed by atoms with van der Waals surface area (Å²) in [4.78, 5) is 0. The van der Waals surface area contributed by atoms with Gasteiger partial charge in [0.25, 0.3) is 0 Å². The van der Waals surface area contributed by atoms with Crippen LogP contribution in [0.4, 0.5) is 0 Å². The van der Waals surface area contributed by atoms with Crippen molar-refractivity contribution in [3.05, 3.63) is 87.4 Å². The molecule has 3 aromatic carbocycles. The second-order valence-corrected chi connectivity index (χ2v) is 8.70. The van der Waals surface area contributed by atoms with Gasteiger partial charge in [-0.25, -0.2) is 5.01 Å². The number of nitrogens with zero attached hydrogens (tertiary/aromatic N) is 2. The zero-order valence-electron chi connectivity index (χ0n) is 17.6. The molecule has 0 amide bonds. The third-order valence-electron chi connectivity index (χ3n) is 5.83. The van der Waals surface area contributed by atoms with Crippen molar-refractivity contribution in [2.75, 3.05) is 14.2 Å². The predicted octanol–water partition coefficient (Wildman–Crippen LogP) is 6.02. The fourth-order valence-electron chi connectivity index (χ4n) is 4.20. The summed E-state index contributed by atoms with van der Waals surface area (Å²) < 4.78 is 18.4. The number of ether oxygens (including phenoxy) is 3. The summed E-state index contributed by atoms with van der Waals surface area (Å²) in [5.74, 6) is 2.30. The van der Waals surface area contributed by atoms with Gasteiger partial charge in [-0.05, 0) is 43.3 Å². The molecule has 158 valence electrons. The maximum absolute atomic E-state index is 6.45. The number of rotatable bonds is 4. The molecular weight excluding hydrogens is 456 g/mol. The van der Waals surface area contributed by atoms with Crippen molar-refractivity contribution >= 4 is 21.6 Å². The average molecular weight is 479 g/mol. The van der Waals surface area contributed by atoms with Crippen LogP contribution in [-0.4, -0.2) is 24.9 Å². The smallest absolute Gasteiger partial charge is 0.213 e. The third-order valence-corrected chi connectivity index (χ3v) is 6.32. The van der Waals surface area contributed by atoms with E-state index in [1.807, 2.05) is 30.3 Å². The van der Waals surface area contributed by atoms with E-state index in [0.29, 0.717) is 11.5 Å². The van der Waals surface area contributed by atoms with E-state index in [2.05, 4.69) is 58.2 Å². The van der Waals surface area contributed by atoms with Crippen LogP contribution in [0.5, 0.6) is 17.2 Å².